The molecule has 2 aromatic carbocycles. The lowest BCUT2D eigenvalue weighted by atomic mass is 10.2. The molecule has 0 unspecified atom stereocenters. The molecule has 0 aliphatic heterocycles. The van der Waals surface area contributed by atoms with Crippen molar-refractivity contribution in [1.82, 2.24) is 9.97 Å². The maximum Gasteiger partial charge on any atom is 0.380 e. The van der Waals surface area contributed by atoms with Gasteiger partial charge in [-0.3, -0.25) is 4.57 Å². The van der Waals surface area contributed by atoms with E-state index >= 15 is 0 Å². The monoisotopic (exact) mass is 360 g/mol. The summed E-state index contributed by atoms with van der Waals surface area (Å²) in [4.78, 5) is 8.79. The van der Waals surface area contributed by atoms with Gasteiger partial charge in [0, 0.05) is 5.56 Å². The van der Waals surface area contributed by atoms with E-state index < -0.39 is 13.4 Å². The third-order valence-electron chi connectivity index (χ3n) is 3.54. The van der Waals surface area contributed by atoms with E-state index in [9.17, 15) is 8.96 Å². The summed E-state index contributed by atoms with van der Waals surface area (Å²) in [5.74, 6) is -0.222. The fourth-order valence-electron chi connectivity index (χ4n) is 2.54. The average Bonchev–Trinajstić information content (AvgIpc) is 2.62. The maximum absolute atomic E-state index is 14.5. The van der Waals surface area contributed by atoms with Crippen LogP contribution in [0.4, 0.5) is 4.39 Å². The molecule has 0 radical (unpaired) electrons. The highest BCUT2D eigenvalue weighted by Gasteiger charge is 2.33. The van der Waals surface area contributed by atoms with Gasteiger partial charge in [-0.25, -0.2) is 14.4 Å². The first-order valence-corrected chi connectivity index (χ1v) is 9.54. The van der Waals surface area contributed by atoms with Gasteiger partial charge in [0.1, 0.15) is 5.82 Å². The topological polar surface area (TPSA) is 61.3 Å². The largest absolute Gasteiger partial charge is 0.380 e. The highest BCUT2D eigenvalue weighted by Crippen LogP contribution is 2.48. The van der Waals surface area contributed by atoms with Crippen molar-refractivity contribution in [3.8, 4) is 11.4 Å². The lowest BCUT2D eigenvalue weighted by Gasteiger charge is -2.18. The van der Waals surface area contributed by atoms with Crippen LogP contribution in [-0.2, 0) is 13.6 Å². The van der Waals surface area contributed by atoms with Gasteiger partial charge in [0.15, 0.2) is 11.3 Å². The fourth-order valence-corrected chi connectivity index (χ4v) is 4.25. The molecule has 3 aromatic rings. The molecule has 1 heterocycles. The van der Waals surface area contributed by atoms with Gasteiger partial charge in [-0.05, 0) is 26.0 Å². The number of hydrogen-bond donors (Lipinski definition) is 0. The third-order valence-corrected chi connectivity index (χ3v) is 5.58. The molecule has 0 N–H and O–H groups in total. The van der Waals surface area contributed by atoms with E-state index in [2.05, 4.69) is 9.97 Å². The Morgan fingerprint density at radius 2 is 1.64 bits per heavy atom. The molecular formula is C18H18FN2O3P. The fraction of sp³-hybridized carbons (Fsp3) is 0.222. The minimum Gasteiger partial charge on any atom is -0.304 e. The number of fused-ring (bicyclic) bond motifs is 1. The predicted molar refractivity (Wildman–Crippen MR) is 95.4 cm³/mol. The molecule has 0 bridgehead atoms. The van der Waals surface area contributed by atoms with E-state index in [4.69, 9.17) is 9.05 Å². The highest BCUT2D eigenvalue weighted by molar-refractivity contribution is 7.62. The first-order valence-electron chi connectivity index (χ1n) is 8.00. The Kier molecular flexibility index (Phi) is 5.23. The lowest BCUT2D eigenvalue weighted by Crippen LogP contribution is -2.18. The molecule has 7 heteroatoms. The SMILES string of the molecule is CCOP(=O)(OCC)c1nc(-c2ccccc2)nc2cccc(F)c12. The Bertz CT molecular complexity index is 924. The molecule has 130 valence electrons. The maximum atomic E-state index is 14.5. The van der Waals surface area contributed by atoms with Crippen molar-refractivity contribution < 1.29 is 18.0 Å². The van der Waals surface area contributed by atoms with Crippen LogP contribution in [0.15, 0.2) is 48.5 Å². The summed E-state index contributed by atoms with van der Waals surface area (Å²) in [6.45, 7) is 3.70. The molecule has 0 atom stereocenters. The summed E-state index contributed by atoms with van der Waals surface area (Å²) in [5.41, 5.74) is 1.04. The quantitative estimate of drug-likeness (QED) is 0.613. The molecule has 1 aromatic heterocycles. The number of halogens is 1. The van der Waals surface area contributed by atoms with E-state index in [1.54, 1.807) is 26.0 Å². The minimum atomic E-state index is -3.78. The van der Waals surface area contributed by atoms with Crippen LogP contribution in [0.25, 0.3) is 22.3 Å². The van der Waals surface area contributed by atoms with Crippen LogP contribution in [0.2, 0.25) is 0 Å². The Balaban J connectivity index is 2.33. The zero-order valence-electron chi connectivity index (χ0n) is 14.0. The van der Waals surface area contributed by atoms with Gasteiger partial charge in [-0.15, -0.1) is 0 Å². The molecule has 0 saturated heterocycles. The zero-order valence-corrected chi connectivity index (χ0v) is 14.9. The van der Waals surface area contributed by atoms with Crippen molar-refractivity contribution in [2.24, 2.45) is 0 Å². The van der Waals surface area contributed by atoms with Crippen LogP contribution in [-0.4, -0.2) is 23.2 Å². The minimum absolute atomic E-state index is 0.0434. The van der Waals surface area contributed by atoms with Gasteiger partial charge < -0.3 is 9.05 Å². The van der Waals surface area contributed by atoms with Crippen LogP contribution >= 0.6 is 7.60 Å². The second kappa shape index (κ2) is 7.40. The first kappa shape index (κ1) is 17.7. The van der Waals surface area contributed by atoms with Crippen LogP contribution in [0.1, 0.15) is 13.8 Å². The molecule has 25 heavy (non-hydrogen) atoms. The Morgan fingerprint density at radius 1 is 0.960 bits per heavy atom. The van der Waals surface area contributed by atoms with Gasteiger partial charge in [-0.2, -0.15) is 0 Å². The second-order valence-electron chi connectivity index (χ2n) is 5.20. The van der Waals surface area contributed by atoms with Crippen LogP contribution in [0, 0.1) is 5.82 Å². The number of aromatic nitrogens is 2. The number of nitrogens with zero attached hydrogens (tertiary/aromatic N) is 2. The number of hydrogen-bond acceptors (Lipinski definition) is 5. The van der Waals surface area contributed by atoms with Gasteiger partial charge >= 0.3 is 7.60 Å². The van der Waals surface area contributed by atoms with E-state index in [0.29, 0.717) is 11.3 Å². The summed E-state index contributed by atoms with van der Waals surface area (Å²) in [7, 11) is -3.78. The van der Waals surface area contributed by atoms with E-state index in [0.717, 1.165) is 5.56 Å². The van der Waals surface area contributed by atoms with Crippen molar-refractivity contribution in [2.45, 2.75) is 13.8 Å². The molecule has 0 aliphatic carbocycles. The predicted octanol–water partition coefficient (Wildman–Crippen LogP) is 4.33. The Labute approximate surface area is 145 Å². The summed E-state index contributed by atoms with van der Waals surface area (Å²) in [6.07, 6.45) is 0. The second-order valence-corrected chi connectivity index (χ2v) is 7.14. The Hall–Kier alpha value is -2.14. The molecule has 0 aliphatic rings. The third kappa shape index (κ3) is 3.47. The number of rotatable bonds is 6. The van der Waals surface area contributed by atoms with Gasteiger partial charge in [-0.1, -0.05) is 36.4 Å². The summed E-state index contributed by atoms with van der Waals surface area (Å²) < 4.78 is 38.5. The van der Waals surface area contributed by atoms with E-state index in [1.165, 1.54) is 6.07 Å². The van der Waals surface area contributed by atoms with Crippen molar-refractivity contribution in [1.29, 1.82) is 0 Å². The van der Waals surface area contributed by atoms with Crippen LogP contribution < -0.4 is 5.44 Å². The van der Waals surface area contributed by atoms with Gasteiger partial charge in [0.05, 0.1) is 24.1 Å². The molecule has 0 amide bonds. The molecule has 0 saturated carbocycles. The lowest BCUT2D eigenvalue weighted by molar-refractivity contribution is 0.229. The molecular weight excluding hydrogens is 342 g/mol. The van der Waals surface area contributed by atoms with Crippen molar-refractivity contribution in [3.05, 3.63) is 54.3 Å². The molecule has 3 rings (SSSR count). The normalized spacial score (nSPS) is 11.8. The molecule has 0 spiro atoms. The summed E-state index contributed by atoms with van der Waals surface area (Å²) >= 11 is 0. The zero-order chi connectivity index (χ0) is 17.9. The standard InChI is InChI=1S/C18H18FN2O3P/c1-3-23-25(22,24-4-2)18-16-14(19)11-8-12-15(16)20-17(21-18)13-9-6-5-7-10-13/h5-12H,3-4H2,1-2H3. The Morgan fingerprint density at radius 3 is 2.28 bits per heavy atom. The van der Waals surface area contributed by atoms with Gasteiger partial charge in [0.2, 0.25) is 0 Å². The van der Waals surface area contributed by atoms with E-state index in [-0.39, 0.29) is 24.0 Å². The average molecular weight is 360 g/mol. The smallest absolute Gasteiger partial charge is 0.304 e. The summed E-state index contributed by atoms with van der Waals surface area (Å²) in [6, 6.07) is 13.7. The van der Waals surface area contributed by atoms with Crippen LogP contribution in [0.3, 0.4) is 0 Å². The van der Waals surface area contributed by atoms with E-state index in [1.807, 2.05) is 30.3 Å². The first-order chi connectivity index (χ1) is 12.1. The van der Waals surface area contributed by atoms with Crippen molar-refractivity contribution in [2.75, 3.05) is 13.2 Å². The van der Waals surface area contributed by atoms with Gasteiger partial charge in [0.25, 0.3) is 0 Å². The van der Waals surface area contributed by atoms with Crippen LogP contribution in [0.5, 0.6) is 0 Å². The highest BCUT2D eigenvalue weighted by atomic mass is 31.2. The number of benzene rings is 2. The molecule has 0 fully saturated rings. The summed E-state index contributed by atoms with van der Waals surface area (Å²) in [5, 5.41) is 0.0624. The van der Waals surface area contributed by atoms with Crippen molar-refractivity contribution in [3.63, 3.8) is 0 Å². The van der Waals surface area contributed by atoms with Crippen molar-refractivity contribution >= 4 is 23.9 Å². The molecule has 5 nitrogen and oxygen atoms in total.